The average molecular weight is 449 g/mol. The van der Waals surface area contributed by atoms with Crippen molar-refractivity contribution >= 4 is 38.8 Å². The molecule has 0 aliphatic carbocycles. The number of nitro benzene ring substituents is 1. The van der Waals surface area contributed by atoms with E-state index in [1.54, 1.807) is 19.9 Å². The highest BCUT2D eigenvalue weighted by molar-refractivity contribution is 7.17. The second-order valence-corrected chi connectivity index (χ2v) is 8.44. The van der Waals surface area contributed by atoms with E-state index < -0.39 is 10.8 Å². The fraction of sp³-hybridized carbons (Fsp3) is 0.174. The van der Waals surface area contributed by atoms with Crippen molar-refractivity contribution < 1.29 is 9.72 Å². The minimum Gasteiger partial charge on any atom is -0.319 e. The summed E-state index contributed by atoms with van der Waals surface area (Å²) < 4.78 is 1.22. The molecule has 0 saturated heterocycles. The van der Waals surface area contributed by atoms with Crippen molar-refractivity contribution in [3.8, 4) is 11.1 Å². The minimum atomic E-state index is -0.544. The van der Waals surface area contributed by atoms with Gasteiger partial charge in [-0.1, -0.05) is 35.9 Å². The monoisotopic (exact) mass is 448 g/mol. The summed E-state index contributed by atoms with van der Waals surface area (Å²) in [6.45, 7) is 5.19. The van der Waals surface area contributed by atoms with E-state index in [1.807, 2.05) is 36.6 Å². The van der Waals surface area contributed by atoms with E-state index in [1.165, 1.54) is 28.3 Å². The first-order chi connectivity index (χ1) is 15.3. The van der Waals surface area contributed by atoms with Gasteiger partial charge in [-0.05, 0) is 37.5 Å². The number of carbonyl (C=O) groups excluding carboxylic acids is 1. The first kappa shape index (κ1) is 21.4. The molecule has 4 aromatic rings. The Hall–Kier alpha value is -3.85. The van der Waals surface area contributed by atoms with Gasteiger partial charge in [-0.15, -0.1) is 11.3 Å². The second-order valence-electron chi connectivity index (χ2n) is 7.58. The van der Waals surface area contributed by atoms with E-state index >= 15 is 0 Å². The average Bonchev–Trinajstić information content (AvgIpc) is 3.19. The molecule has 9 heteroatoms. The number of hydrogen-bond donors (Lipinski definition) is 1. The van der Waals surface area contributed by atoms with E-state index in [2.05, 4.69) is 10.3 Å². The van der Waals surface area contributed by atoms with Gasteiger partial charge >= 0.3 is 0 Å². The summed E-state index contributed by atoms with van der Waals surface area (Å²) in [4.78, 5) is 41.7. The van der Waals surface area contributed by atoms with Crippen molar-refractivity contribution in [2.45, 2.75) is 27.3 Å². The molecule has 8 nitrogen and oxygen atoms in total. The van der Waals surface area contributed by atoms with E-state index in [0.717, 1.165) is 22.3 Å². The predicted octanol–water partition coefficient (Wildman–Crippen LogP) is 4.60. The van der Waals surface area contributed by atoms with Crippen molar-refractivity contribution in [2.75, 3.05) is 5.32 Å². The molecule has 2 aromatic heterocycles. The molecule has 1 N–H and O–H groups in total. The molecule has 0 unspecified atom stereocenters. The summed E-state index contributed by atoms with van der Waals surface area (Å²) in [6.07, 6.45) is 1.33. The van der Waals surface area contributed by atoms with Gasteiger partial charge in [0.25, 0.3) is 11.2 Å². The number of anilines is 1. The van der Waals surface area contributed by atoms with Gasteiger partial charge in [0.05, 0.1) is 16.6 Å². The summed E-state index contributed by atoms with van der Waals surface area (Å²) in [5.74, 6) is -0.544. The number of nitrogens with one attached hydrogen (secondary N) is 1. The van der Waals surface area contributed by atoms with Crippen LogP contribution in [0.25, 0.3) is 21.3 Å². The Morgan fingerprint density at radius 1 is 1.16 bits per heavy atom. The zero-order chi connectivity index (χ0) is 23.0. The number of carbonyl (C=O) groups is 1. The summed E-state index contributed by atoms with van der Waals surface area (Å²) in [5.41, 5.74) is 3.80. The van der Waals surface area contributed by atoms with E-state index in [4.69, 9.17) is 0 Å². The van der Waals surface area contributed by atoms with Gasteiger partial charge in [-0.2, -0.15) is 0 Å². The molecule has 0 radical (unpaired) electrons. The van der Waals surface area contributed by atoms with Gasteiger partial charge in [-0.25, -0.2) is 4.98 Å². The fourth-order valence-electron chi connectivity index (χ4n) is 3.47. The minimum absolute atomic E-state index is 0.137. The first-order valence-corrected chi connectivity index (χ1v) is 10.7. The van der Waals surface area contributed by atoms with Crippen LogP contribution >= 0.6 is 11.3 Å². The Balaban J connectivity index is 1.68. The van der Waals surface area contributed by atoms with E-state index in [9.17, 15) is 19.7 Å². The fourth-order valence-corrected chi connectivity index (χ4v) is 4.38. The van der Waals surface area contributed by atoms with Crippen molar-refractivity contribution in [1.29, 1.82) is 0 Å². The third-order valence-corrected chi connectivity index (χ3v) is 6.30. The number of nitrogens with zero attached hydrogens (tertiary/aromatic N) is 3. The van der Waals surface area contributed by atoms with Gasteiger partial charge in [0.15, 0.2) is 0 Å². The number of aryl methyl sites for hydroxylation is 2. The molecule has 0 aliphatic heterocycles. The van der Waals surface area contributed by atoms with Crippen LogP contribution in [0.5, 0.6) is 0 Å². The SMILES string of the molecule is Cc1ccc(-c2csc3ncn(CC(=O)Nc4c([N+](=O)[O-])ccc(C)c4C)c(=O)c23)cc1. The molecular formula is C23H20N4O4S. The van der Waals surface area contributed by atoms with E-state index in [0.29, 0.717) is 15.8 Å². The van der Waals surface area contributed by atoms with Crippen LogP contribution in [0.2, 0.25) is 0 Å². The van der Waals surface area contributed by atoms with E-state index in [-0.39, 0.29) is 23.5 Å². The largest absolute Gasteiger partial charge is 0.319 e. The number of benzene rings is 2. The maximum Gasteiger partial charge on any atom is 0.293 e. The van der Waals surface area contributed by atoms with Crippen LogP contribution < -0.4 is 10.9 Å². The Labute approximate surface area is 187 Å². The van der Waals surface area contributed by atoms with Crippen LogP contribution in [0.15, 0.2) is 52.9 Å². The topological polar surface area (TPSA) is 107 Å². The van der Waals surface area contributed by atoms with Crippen molar-refractivity contribution in [2.24, 2.45) is 0 Å². The maximum absolute atomic E-state index is 13.2. The lowest BCUT2D eigenvalue weighted by atomic mass is 10.1. The molecule has 0 bridgehead atoms. The number of rotatable bonds is 5. The zero-order valence-electron chi connectivity index (χ0n) is 17.7. The standard InChI is InChI=1S/C23H20N4O4S/c1-13-4-7-16(8-5-13)17-11-32-22-20(17)23(29)26(12-24-22)10-19(28)25-21-15(3)14(2)6-9-18(21)27(30)31/h4-9,11-12H,10H2,1-3H3,(H,25,28). The lowest BCUT2D eigenvalue weighted by Gasteiger charge is -2.12. The van der Waals surface area contributed by atoms with Crippen LogP contribution in [0, 0.1) is 30.9 Å². The van der Waals surface area contributed by atoms with Gasteiger partial charge in [0.2, 0.25) is 5.91 Å². The molecule has 0 saturated carbocycles. The highest BCUT2D eigenvalue weighted by atomic mass is 32.1. The maximum atomic E-state index is 13.2. The summed E-state index contributed by atoms with van der Waals surface area (Å²) >= 11 is 1.37. The number of aromatic nitrogens is 2. The molecular weight excluding hydrogens is 428 g/mol. The van der Waals surface area contributed by atoms with Gasteiger partial charge < -0.3 is 5.32 Å². The highest BCUT2D eigenvalue weighted by Gasteiger charge is 2.20. The third kappa shape index (κ3) is 3.90. The molecule has 2 heterocycles. The lowest BCUT2D eigenvalue weighted by molar-refractivity contribution is -0.384. The molecule has 2 aromatic carbocycles. The number of fused-ring (bicyclic) bond motifs is 1. The number of amides is 1. The molecule has 162 valence electrons. The zero-order valence-corrected chi connectivity index (χ0v) is 18.5. The quantitative estimate of drug-likeness (QED) is 0.355. The van der Waals surface area contributed by atoms with Crippen molar-refractivity contribution in [1.82, 2.24) is 9.55 Å². The normalized spacial score (nSPS) is 11.0. The number of thiophene rings is 1. The molecule has 0 fully saturated rings. The number of hydrogen-bond acceptors (Lipinski definition) is 6. The molecule has 1 amide bonds. The Morgan fingerprint density at radius 3 is 2.56 bits per heavy atom. The molecule has 0 spiro atoms. The summed E-state index contributed by atoms with van der Waals surface area (Å²) in [7, 11) is 0. The lowest BCUT2D eigenvalue weighted by Crippen LogP contribution is -2.28. The Kier molecular flexibility index (Phi) is 5.58. The second kappa shape index (κ2) is 8.35. The predicted molar refractivity (Wildman–Crippen MR) is 125 cm³/mol. The van der Waals surface area contributed by atoms with Gasteiger partial charge in [0.1, 0.15) is 17.1 Å². The third-order valence-electron chi connectivity index (χ3n) is 5.41. The molecule has 4 rings (SSSR count). The first-order valence-electron chi connectivity index (χ1n) is 9.84. The van der Waals surface area contributed by atoms with Crippen molar-refractivity contribution in [3.63, 3.8) is 0 Å². The van der Waals surface area contributed by atoms with Gasteiger partial charge in [0, 0.05) is 17.0 Å². The van der Waals surface area contributed by atoms with Crippen molar-refractivity contribution in [3.05, 3.63) is 85.3 Å². The molecule has 0 atom stereocenters. The van der Waals surface area contributed by atoms with Crippen LogP contribution in [-0.2, 0) is 11.3 Å². The van der Waals surface area contributed by atoms with Crippen LogP contribution in [0.3, 0.4) is 0 Å². The number of nitro groups is 1. The van der Waals surface area contributed by atoms with Crippen LogP contribution in [-0.4, -0.2) is 20.4 Å². The molecule has 0 aliphatic rings. The molecule has 32 heavy (non-hydrogen) atoms. The Morgan fingerprint density at radius 2 is 1.88 bits per heavy atom. The van der Waals surface area contributed by atoms with Gasteiger partial charge in [-0.3, -0.25) is 24.3 Å². The van der Waals surface area contributed by atoms with Crippen LogP contribution in [0.4, 0.5) is 11.4 Å². The van der Waals surface area contributed by atoms with Crippen LogP contribution in [0.1, 0.15) is 16.7 Å². The smallest absolute Gasteiger partial charge is 0.293 e. The highest BCUT2D eigenvalue weighted by Crippen LogP contribution is 2.31. The summed E-state index contributed by atoms with van der Waals surface area (Å²) in [5, 5.41) is 16.3. The Bertz CT molecular complexity index is 1420. The summed E-state index contributed by atoms with van der Waals surface area (Å²) in [6, 6.07) is 10.8.